The second-order valence-electron chi connectivity index (χ2n) is 8.21. The van der Waals surface area contributed by atoms with Gasteiger partial charge in [0.2, 0.25) is 17.7 Å². The third-order valence-electron chi connectivity index (χ3n) is 5.36. The molecule has 1 heterocycles. The van der Waals surface area contributed by atoms with E-state index < -0.39 is 6.04 Å². The summed E-state index contributed by atoms with van der Waals surface area (Å²) in [6.45, 7) is 10.2. The molecule has 0 aliphatic carbocycles. The molecule has 0 saturated carbocycles. The number of nitrogens with zero attached hydrogens (tertiary/aromatic N) is 2. The van der Waals surface area contributed by atoms with Crippen molar-refractivity contribution in [3.05, 3.63) is 0 Å². The Bertz CT molecular complexity index is 510. The van der Waals surface area contributed by atoms with Gasteiger partial charge in [0.05, 0.1) is 0 Å². The monoisotopic (exact) mass is 396 g/mol. The van der Waals surface area contributed by atoms with Gasteiger partial charge >= 0.3 is 0 Å². The topological polar surface area (TPSA) is 95.7 Å². The van der Waals surface area contributed by atoms with Crippen molar-refractivity contribution in [3.8, 4) is 0 Å². The molecule has 0 bridgehead atoms. The number of amides is 3. The van der Waals surface area contributed by atoms with Crippen LogP contribution >= 0.6 is 0 Å². The lowest BCUT2D eigenvalue weighted by molar-refractivity contribution is -0.145. The van der Waals surface area contributed by atoms with Crippen LogP contribution in [0.1, 0.15) is 72.6 Å². The molecule has 0 aromatic rings. The first-order valence-electron chi connectivity index (χ1n) is 10.9. The molecular formula is C21H40N4O3. The number of nitrogens with two attached hydrogens (primary N) is 1. The molecule has 1 saturated heterocycles. The van der Waals surface area contributed by atoms with E-state index in [1.165, 1.54) is 0 Å². The molecule has 162 valence electrons. The largest absolute Gasteiger partial charge is 0.344 e. The summed E-state index contributed by atoms with van der Waals surface area (Å²) in [7, 11) is 0. The zero-order chi connectivity index (χ0) is 21.1. The van der Waals surface area contributed by atoms with Crippen molar-refractivity contribution in [2.45, 2.75) is 84.7 Å². The number of nitrogens with one attached hydrogen (secondary N) is 1. The van der Waals surface area contributed by atoms with Gasteiger partial charge in [0.15, 0.2) is 0 Å². The van der Waals surface area contributed by atoms with E-state index in [1.54, 1.807) is 4.90 Å². The zero-order valence-electron chi connectivity index (χ0n) is 18.2. The predicted octanol–water partition coefficient (Wildman–Crippen LogP) is 1.90. The summed E-state index contributed by atoms with van der Waals surface area (Å²) < 4.78 is 0. The van der Waals surface area contributed by atoms with Gasteiger partial charge in [-0.15, -0.1) is 0 Å². The van der Waals surface area contributed by atoms with E-state index in [4.69, 9.17) is 5.73 Å². The first-order chi connectivity index (χ1) is 13.3. The lowest BCUT2D eigenvalue weighted by atomic mass is 10.0. The number of unbranched alkanes of at least 4 members (excludes halogenated alkanes) is 3. The van der Waals surface area contributed by atoms with Crippen LogP contribution in [0.2, 0.25) is 0 Å². The Morgan fingerprint density at radius 3 is 2.36 bits per heavy atom. The SMILES string of the molecule is CCCCC(=O)N1CCN(C(=O)C(NC(=O)CCCCCN)C(C)C)CC1C. The van der Waals surface area contributed by atoms with E-state index in [-0.39, 0.29) is 29.7 Å². The highest BCUT2D eigenvalue weighted by Crippen LogP contribution is 2.16. The predicted molar refractivity (Wildman–Crippen MR) is 112 cm³/mol. The Hall–Kier alpha value is -1.63. The maximum Gasteiger partial charge on any atom is 0.245 e. The number of piperazine rings is 1. The Morgan fingerprint density at radius 1 is 1.07 bits per heavy atom. The van der Waals surface area contributed by atoms with Gasteiger partial charge < -0.3 is 20.9 Å². The van der Waals surface area contributed by atoms with Crippen LogP contribution in [0.15, 0.2) is 0 Å². The van der Waals surface area contributed by atoms with Crippen LogP contribution in [0.5, 0.6) is 0 Å². The van der Waals surface area contributed by atoms with Gasteiger partial charge in [0, 0.05) is 38.5 Å². The molecule has 7 nitrogen and oxygen atoms in total. The van der Waals surface area contributed by atoms with Crippen molar-refractivity contribution in [3.63, 3.8) is 0 Å². The van der Waals surface area contributed by atoms with E-state index in [0.717, 1.165) is 32.1 Å². The normalized spacial score (nSPS) is 18.3. The summed E-state index contributed by atoms with van der Waals surface area (Å²) in [5, 5.41) is 2.93. The van der Waals surface area contributed by atoms with Crippen molar-refractivity contribution >= 4 is 17.7 Å². The molecule has 28 heavy (non-hydrogen) atoms. The summed E-state index contributed by atoms with van der Waals surface area (Å²) in [4.78, 5) is 41.3. The van der Waals surface area contributed by atoms with Crippen molar-refractivity contribution in [2.75, 3.05) is 26.2 Å². The zero-order valence-corrected chi connectivity index (χ0v) is 18.2. The fourth-order valence-electron chi connectivity index (χ4n) is 3.56. The third-order valence-corrected chi connectivity index (χ3v) is 5.36. The first-order valence-corrected chi connectivity index (χ1v) is 10.9. The number of carbonyl (C=O) groups excluding carboxylic acids is 3. The van der Waals surface area contributed by atoms with Gasteiger partial charge in [0.25, 0.3) is 0 Å². The van der Waals surface area contributed by atoms with Crippen LogP contribution in [0, 0.1) is 5.92 Å². The second kappa shape index (κ2) is 12.8. The molecule has 0 spiro atoms. The van der Waals surface area contributed by atoms with Crippen LogP contribution in [-0.2, 0) is 14.4 Å². The summed E-state index contributed by atoms with van der Waals surface area (Å²) >= 11 is 0. The summed E-state index contributed by atoms with van der Waals surface area (Å²) in [6.07, 6.45) is 5.53. The highest BCUT2D eigenvalue weighted by Gasteiger charge is 2.34. The summed E-state index contributed by atoms with van der Waals surface area (Å²) in [6, 6.07) is -0.515. The van der Waals surface area contributed by atoms with Gasteiger partial charge in [0.1, 0.15) is 6.04 Å². The Balaban J connectivity index is 2.59. The van der Waals surface area contributed by atoms with Crippen molar-refractivity contribution in [2.24, 2.45) is 11.7 Å². The number of rotatable bonds is 11. The van der Waals surface area contributed by atoms with Gasteiger partial charge in [-0.05, 0) is 38.6 Å². The molecule has 0 aromatic carbocycles. The van der Waals surface area contributed by atoms with Crippen LogP contribution in [-0.4, -0.2) is 65.8 Å². The highest BCUT2D eigenvalue weighted by atomic mass is 16.2. The van der Waals surface area contributed by atoms with Crippen LogP contribution in [0.4, 0.5) is 0 Å². The molecule has 1 rings (SSSR count). The fourth-order valence-corrected chi connectivity index (χ4v) is 3.56. The number of hydrogen-bond donors (Lipinski definition) is 2. The van der Waals surface area contributed by atoms with E-state index in [1.807, 2.05) is 25.7 Å². The van der Waals surface area contributed by atoms with Gasteiger partial charge in [-0.25, -0.2) is 0 Å². The fraction of sp³-hybridized carbons (Fsp3) is 0.857. The van der Waals surface area contributed by atoms with Crippen molar-refractivity contribution in [1.29, 1.82) is 0 Å². The molecule has 2 unspecified atom stereocenters. The Morgan fingerprint density at radius 2 is 1.79 bits per heavy atom. The van der Waals surface area contributed by atoms with E-state index in [9.17, 15) is 14.4 Å². The molecule has 0 aromatic heterocycles. The van der Waals surface area contributed by atoms with E-state index in [0.29, 0.717) is 39.0 Å². The molecule has 0 radical (unpaired) electrons. The molecule has 1 aliphatic heterocycles. The molecule has 3 amide bonds. The highest BCUT2D eigenvalue weighted by molar-refractivity contribution is 5.88. The van der Waals surface area contributed by atoms with Gasteiger partial charge in [-0.2, -0.15) is 0 Å². The first kappa shape index (κ1) is 24.4. The average molecular weight is 397 g/mol. The second-order valence-corrected chi connectivity index (χ2v) is 8.21. The van der Waals surface area contributed by atoms with Gasteiger partial charge in [-0.3, -0.25) is 14.4 Å². The quantitative estimate of drug-likeness (QED) is 0.521. The van der Waals surface area contributed by atoms with E-state index in [2.05, 4.69) is 12.2 Å². The lowest BCUT2D eigenvalue weighted by Gasteiger charge is -2.41. The molecular weight excluding hydrogens is 356 g/mol. The number of carbonyl (C=O) groups is 3. The lowest BCUT2D eigenvalue weighted by Crippen LogP contribution is -2.59. The van der Waals surface area contributed by atoms with E-state index >= 15 is 0 Å². The molecule has 1 aliphatic rings. The molecule has 1 fully saturated rings. The molecule has 3 N–H and O–H groups in total. The molecule has 2 atom stereocenters. The van der Waals surface area contributed by atoms with Crippen molar-refractivity contribution < 1.29 is 14.4 Å². The molecule has 7 heteroatoms. The third kappa shape index (κ3) is 7.78. The summed E-state index contributed by atoms with van der Waals surface area (Å²) in [5.41, 5.74) is 5.48. The van der Waals surface area contributed by atoms with Gasteiger partial charge in [-0.1, -0.05) is 33.6 Å². The van der Waals surface area contributed by atoms with Crippen molar-refractivity contribution in [1.82, 2.24) is 15.1 Å². The Labute approximate surface area is 170 Å². The smallest absolute Gasteiger partial charge is 0.245 e. The minimum absolute atomic E-state index is 0.00170. The summed E-state index contributed by atoms with van der Waals surface area (Å²) in [5.74, 6) is 0.0657. The average Bonchev–Trinajstić information content (AvgIpc) is 2.66. The maximum absolute atomic E-state index is 13.0. The maximum atomic E-state index is 13.0. The number of hydrogen-bond acceptors (Lipinski definition) is 4. The standard InChI is InChI=1S/C21H40N4O3/c1-5-6-11-19(27)25-14-13-24(15-17(25)4)21(28)20(16(2)3)23-18(26)10-8-7-9-12-22/h16-17,20H,5-15,22H2,1-4H3,(H,23,26). The van der Waals surface area contributed by atoms with Crippen LogP contribution < -0.4 is 11.1 Å². The minimum Gasteiger partial charge on any atom is -0.344 e. The van der Waals surface area contributed by atoms with Crippen LogP contribution in [0.25, 0.3) is 0 Å². The minimum atomic E-state index is -0.517. The van der Waals surface area contributed by atoms with Crippen LogP contribution in [0.3, 0.4) is 0 Å². The Kier molecular flexibility index (Phi) is 11.1.